The molecule has 0 aliphatic heterocycles. The van der Waals surface area contributed by atoms with Gasteiger partial charge >= 0.3 is 12.0 Å². The summed E-state index contributed by atoms with van der Waals surface area (Å²) in [4.78, 5) is 23.9. The molecule has 3 atom stereocenters. The van der Waals surface area contributed by atoms with E-state index < -0.39 is 5.97 Å². The molecule has 0 radical (unpaired) electrons. The maximum atomic E-state index is 11.8. The second-order valence-corrected chi connectivity index (χ2v) is 6.38. The third-order valence-electron chi connectivity index (χ3n) is 3.58. The summed E-state index contributed by atoms with van der Waals surface area (Å²) in [7, 11) is 0. The maximum Gasteiger partial charge on any atom is 0.315 e. The number of carboxylic acids is 1. The lowest BCUT2D eigenvalue weighted by molar-refractivity contribution is -0.141. The number of carboxylic acid groups (broad SMARTS) is 1. The van der Waals surface area contributed by atoms with Gasteiger partial charge in [-0.05, 0) is 37.6 Å². The number of carbonyl (C=O) groups excluding carboxylic acids is 1. The van der Waals surface area contributed by atoms with E-state index in [1.165, 1.54) is 4.88 Å². The molecule has 1 aliphatic carbocycles. The van der Waals surface area contributed by atoms with Crippen molar-refractivity contribution >= 4 is 23.3 Å². The van der Waals surface area contributed by atoms with Gasteiger partial charge in [-0.1, -0.05) is 6.07 Å². The highest BCUT2D eigenvalue weighted by Gasteiger charge is 2.30. The van der Waals surface area contributed by atoms with Gasteiger partial charge in [0.1, 0.15) is 0 Å². The number of urea groups is 1. The zero-order valence-corrected chi connectivity index (χ0v) is 12.3. The number of nitrogens with one attached hydrogen (secondary N) is 2. The standard InChI is InChI=1S/C14H20N2O3S/c1-9(7-12-3-2-6-20-12)15-14(19)16-11-5-4-10(8-11)13(17)18/h2-3,6,9-11H,4-5,7-8H2,1H3,(H,17,18)(H2,15,16,19). The van der Waals surface area contributed by atoms with Crippen molar-refractivity contribution in [1.82, 2.24) is 10.6 Å². The van der Waals surface area contributed by atoms with Crippen molar-refractivity contribution in [2.75, 3.05) is 0 Å². The summed E-state index contributed by atoms with van der Waals surface area (Å²) in [6, 6.07) is 3.88. The van der Waals surface area contributed by atoms with Crippen LogP contribution in [0.15, 0.2) is 17.5 Å². The highest BCUT2D eigenvalue weighted by atomic mass is 32.1. The Labute approximate surface area is 122 Å². The molecule has 5 nitrogen and oxygen atoms in total. The number of hydrogen-bond acceptors (Lipinski definition) is 3. The summed E-state index contributed by atoms with van der Waals surface area (Å²) in [5.41, 5.74) is 0. The Kier molecular flexibility index (Phi) is 5.00. The first-order chi connectivity index (χ1) is 9.54. The van der Waals surface area contributed by atoms with Crippen LogP contribution in [-0.4, -0.2) is 29.2 Å². The lowest BCUT2D eigenvalue weighted by Crippen LogP contribution is -2.45. The van der Waals surface area contributed by atoms with Crippen LogP contribution in [0.4, 0.5) is 4.79 Å². The molecule has 0 spiro atoms. The second-order valence-electron chi connectivity index (χ2n) is 5.35. The van der Waals surface area contributed by atoms with Crippen molar-refractivity contribution in [2.45, 2.75) is 44.7 Å². The molecule has 6 heteroatoms. The van der Waals surface area contributed by atoms with E-state index in [4.69, 9.17) is 5.11 Å². The first-order valence-corrected chi connectivity index (χ1v) is 7.74. The van der Waals surface area contributed by atoms with E-state index in [-0.39, 0.29) is 24.0 Å². The minimum Gasteiger partial charge on any atom is -0.481 e. The summed E-state index contributed by atoms with van der Waals surface area (Å²) in [6.07, 6.45) is 2.73. The Hall–Kier alpha value is -1.56. The van der Waals surface area contributed by atoms with Crippen LogP contribution in [0.1, 0.15) is 31.1 Å². The molecule has 0 saturated heterocycles. The molecule has 3 unspecified atom stereocenters. The third-order valence-corrected chi connectivity index (χ3v) is 4.48. The van der Waals surface area contributed by atoms with Crippen LogP contribution < -0.4 is 10.6 Å². The van der Waals surface area contributed by atoms with Crippen LogP contribution in [0.25, 0.3) is 0 Å². The van der Waals surface area contributed by atoms with Crippen LogP contribution in [0.5, 0.6) is 0 Å². The summed E-state index contributed by atoms with van der Waals surface area (Å²) < 4.78 is 0. The van der Waals surface area contributed by atoms with Crippen molar-refractivity contribution < 1.29 is 14.7 Å². The Morgan fingerprint density at radius 1 is 1.50 bits per heavy atom. The largest absolute Gasteiger partial charge is 0.481 e. The first kappa shape index (κ1) is 14.8. The molecule has 20 heavy (non-hydrogen) atoms. The Balaban J connectivity index is 1.71. The molecule has 3 N–H and O–H groups in total. The van der Waals surface area contributed by atoms with Crippen LogP contribution in [0.2, 0.25) is 0 Å². The van der Waals surface area contributed by atoms with Crippen molar-refractivity contribution in [1.29, 1.82) is 0 Å². The molecule has 0 aromatic carbocycles. The van der Waals surface area contributed by atoms with E-state index in [1.807, 2.05) is 18.4 Å². The summed E-state index contributed by atoms with van der Waals surface area (Å²) in [5, 5.41) is 16.7. The van der Waals surface area contributed by atoms with Gasteiger partial charge in [0.2, 0.25) is 0 Å². The predicted molar refractivity (Wildman–Crippen MR) is 77.9 cm³/mol. The number of rotatable bonds is 5. The Morgan fingerprint density at radius 3 is 2.90 bits per heavy atom. The van der Waals surface area contributed by atoms with Crippen LogP contribution in [0.3, 0.4) is 0 Å². The van der Waals surface area contributed by atoms with Gasteiger partial charge in [0, 0.05) is 23.4 Å². The molecule has 1 fully saturated rings. The van der Waals surface area contributed by atoms with E-state index in [0.717, 1.165) is 12.8 Å². The van der Waals surface area contributed by atoms with Crippen LogP contribution in [0, 0.1) is 5.92 Å². The van der Waals surface area contributed by atoms with Crippen molar-refractivity contribution in [3.63, 3.8) is 0 Å². The van der Waals surface area contributed by atoms with Crippen molar-refractivity contribution in [3.05, 3.63) is 22.4 Å². The quantitative estimate of drug-likeness (QED) is 0.779. The van der Waals surface area contributed by atoms with E-state index in [0.29, 0.717) is 12.8 Å². The Morgan fingerprint density at radius 2 is 2.30 bits per heavy atom. The van der Waals surface area contributed by atoms with E-state index >= 15 is 0 Å². The van der Waals surface area contributed by atoms with E-state index in [9.17, 15) is 9.59 Å². The van der Waals surface area contributed by atoms with Gasteiger partial charge in [0.25, 0.3) is 0 Å². The zero-order valence-electron chi connectivity index (χ0n) is 11.5. The topological polar surface area (TPSA) is 78.4 Å². The molecule has 110 valence electrons. The highest BCUT2D eigenvalue weighted by molar-refractivity contribution is 7.09. The average molecular weight is 296 g/mol. The molecule has 1 saturated carbocycles. The van der Waals surface area contributed by atoms with Crippen molar-refractivity contribution in [3.8, 4) is 0 Å². The van der Waals surface area contributed by atoms with E-state index in [1.54, 1.807) is 11.3 Å². The molecule has 0 bridgehead atoms. The van der Waals surface area contributed by atoms with Gasteiger partial charge in [-0.3, -0.25) is 4.79 Å². The molecule has 1 aliphatic rings. The van der Waals surface area contributed by atoms with Gasteiger partial charge in [-0.15, -0.1) is 11.3 Å². The highest BCUT2D eigenvalue weighted by Crippen LogP contribution is 2.25. The second kappa shape index (κ2) is 6.74. The summed E-state index contributed by atoms with van der Waals surface area (Å²) in [6.45, 7) is 1.97. The fourth-order valence-corrected chi connectivity index (χ4v) is 3.40. The SMILES string of the molecule is CC(Cc1cccs1)NC(=O)NC1CCC(C(=O)O)C1. The molecular weight excluding hydrogens is 276 g/mol. The molecular formula is C14H20N2O3S. The van der Waals surface area contributed by atoms with Crippen LogP contribution in [-0.2, 0) is 11.2 Å². The van der Waals surface area contributed by atoms with Gasteiger partial charge in [-0.25, -0.2) is 4.79 Å². The number of hydrogen-bond donors (Lipinski definition) is 3. The predicted octanol–water partition coefficient (Wildman–Crippen LogP) is 2.23. The zero-order chi connectivity index (χ0) is 14.5. The van der Waals surface area contributed by atoms with Gasteiger partial charge in [-0.2, -0.15) is 0 Å². The fourth-order valence-electron chi connectivity index (χ4n) is 2.57. The fraction of sp³-hybridized carbons (Fsp3) is 0.571. The van der Waals surface area contributed by atoms with Crippen molar-refractivity contribution in [2.24, 2.45) is 5.92 Å². The third kappa shape index (κ3) is 4.23. The molecule has 1 aromatic rings. The van der Waals surface area contributed by atoms with Gasteiger partial charge in [0.05, 0.1) is 5.92 Å². The number of carbonyl (C=O) groups is 2. The van der Waals surface area contributed by atoms with E-state index in [2.05, 4.69) is 16.7 Å². The lowest BCUT2D eigenvalue weighted by Gasteiger charge is -2.17. The number of amides is 2. The minimum absolute atomic E-state index is 0.0231. The summed E-state index contributed by atoms with van der Waals surface area (Å²) in [5.74, 6) is -1.08. The number of thiophene rings is 1. The lowest BCUT2D eigenvalue weighted by atomic mass is 10.1. The average Bonchev–Trinajstić information content (AvgIpc) is 2.99. The van der Waals surface area contributed by atoms with Crippen LogP contribution >= 0.6 is 11.3 Å². The Bertz CT molecular complexity index is 461. The smallest absolute Gasteiger partial charge is 0.315 e. The minimum atomic E-state index is -0.763. The van der Waals surface area contributed by atoms with Gasteiger partial charge in [0.15, 0.2) is 0 Å². The molecule has 2 rings (SSSR count). The monoisotopic (exact) mass is 296 g/mol. The normalized spacial score (nSPS) is 23.2. The molecule has 1 aromatic heterocycles. The maximum absolute atomic E-state index is 11.8. The summed E-state index contributed by atoms with van der Waals surface area (Å²) >= 11 is 1.68. The molecule has 1 heterocycles. The van der Waals surface area contributed by atoms with Gasteiger partial charge < -0.3 is 15.7 Å². The first-order valence-electron chi connectivity index (χ1n) is 6.87. The number of aliphatic carboxylic acids is 1. The molecule has 2 amide bonds.